The van der Waals surface area contributed by atoms with E-state index in [1.165, 1.54) is 6.42 Å². The number of Topliss-reactive ketones (excluding diaryl/α,β-unsaturated/α-hetero) is 1. The highest BCUT2D eigenvalue weighted by Gasteiger charge is 2.41. The molecule has 8 nitrogen and oxygen atoms in total. The van der Waals surface area contributed by atoms with Gasteiger partial charge in [0.2, 0.25) is 0 Å². The molecule has 2 heterocycles. The van der Waals surface area contributed by atoms with Crippen molar-refractivity contribution in [2.75, 3.05) is 13.7 Å². The maximum Gasteiger partial charge on any atom is 0.170 e. The van der Waals surface area contributed by atoms with E-state index < -0.39 is 6.10 Å². The molecule has 2 aromatic carbocycles. The number of ether oxygens (including phenoxy) is 3. The quantitative estimate of drug-likeness (QED) is 0.564. The van der Waals surface area contributed by atoms with Crippen molar-refractivity contribution < 1.29 is 24.1 Å². The van der Waals surface area contributed by atoms with Crippen LogP contribution in [-0.2, 0) is 6.54 Å². The molecule has 1 N–H and O–H groups in total. The standard InChI is InChI=1S/C26H29N3O5/c1-32-20-7-5-18(6-8-20)23-16-29(28-27-23)15-19(30)17-33-21-9-10-22-24(31)14-26(34-25(22)13-21)11-3-2-4-12-26/h5-10,13,16,19,30H,2-4,11-12,14-15,17H2,1H3. The van der Waals surface area contributed by atoms with Gasteiger partial charge in [0.25, 0.3) is 0 Å². The summed E-state index contributed by atoms with van der Waals surface area (Å²) in [6, 6.07) is 12.8. The van der Waals surface area contributed by atoms with E-state index in [9.17, 15) is 9.90 Å². The minimum absolute atomic E-state index is 0.0790. The van der Waals surface area contributed by atoms with Gasteiger partial charge in [-0.25, -0.2) is 4.68 Å². The predicted molar refractivity (Wildman–Crippen MR) is 125 cm³/mol. The molecular formula is C26H29N3O5. The minimum atomic E-state index is -0.784. The second-order valence-corrected chi connectivity index (χ2v) is 9.12. The maximum atomic E-state index is 12.7. The lowest BCUT2D eigenvalue weighted by molar-refractivity contribution is 0.0132. The summed E-state index contributed by atoms with van der Waals surface area (Å²) in [5.74, 6) is 2.06. The summed E-state index contributed by atoms with van der Waals surface area (Å²) in [7, 11) is 1.62. The molecule has 0 bridgehead atoms. The number of hydrogen-bond donors (Lipinski definition) is 1. The van der Waals surface area contributed by atoms with E-state index >= 15 is 0 Å². The molecule has 178 valence electrons. The number of aliphatic hydroxyl groups is 1. The van der Waals surface area contributed by atoms with Crippen LogP contribution < -0.4 is 14.2 Å². The van der Waals surface area contributed by atoms with E-state index in [1.54, 1.807) is 36.2 Å². The number of rotatable bonds is 7. The van der Waals surface area contributed by atoms with Crippen LogP contribution in [0.5, 0.6) is 17.2 Å². The van der Waals surface area contributed by atoms with Crippen LogP contribution in [0.2, 0.25) is 0 Å². The normalized spacial score (nSPS) is 17.6. The second-order valence-electron chi connectivity index (χ2n) is 9.12. The van der Waals surface area contributed by atoms with Gasteiger partial charge in [-0.1, -0.05) is 11.6 Å². The van der Waals surface area contributed by atoms with Crippen molar-refractivity contribution >= 4 is 5.78 Å². The highest BCUT2D eigenvalue weighted by Crippen LogP contribution is 2.42. The Kier molecular flexibility index (Phi) is 6.24. The van der Waals surface area contributed by atoms with Crippen LogP contribution in [0.25, 0.3) is 11.3 Å². The number of benzene rings is 2. The minimum Gasteiger partial charge on any atom is -0.497 e. The number of hydrogen-bond acceptors (Lipinski definition) is 7. The molecule has 1 fully saturated rings. The zero-order valence-electron chi connectivity index (χ0n) is 19.3. The lowest BCUT2D eigenvalue weighted by Crippen LogP contribution is -2.43. The average Bonchev–Trinajstić information content (AvgIpc) is 3.31. The monoisotopic (exact) mass is 463 g/mol. The van der Waals surface area contributed by atoms with Crippen LogP contribution in [0.3, 0.4) is 0 Å². The Hall–Kier alpha value is -3.39. The molecule has 3 aromatic rings. The third kappa shape index (κ3) is 4.77. The van der Waals surface area contributed by atoms with E-state index in [0.29, 0.717) is 29.2 Å². The number of carbonyl (C=O) groups excluding carboxylic acids is 1. The topological polar surface area (TPSA) is 95.7 Å². The molecule has 1 unspecified atom stereocenters. The number of methoxy groups -OCH3 is 1. The molecule has 1 aromatic heterocycles. The van der Waals surface area contributed by atoms with Gasteiger partial charge in [0.05, 0.1) is 31.8 Å². The van der Waals surface area contributed by atoms with Crippen LogP contribution in [0.1, 0.15) is 48.9 Å². The predicted octanol–water partition coefficient (Wildman–Crippen LogP) is 4.06. The van der Waals surface area contributed by atoms with Crippen LogP contribution in [0.15, 0.2) is 48.7 Å². The van der Waals surface area contributed by atoms with Crippen LogP contribution in [0.4, 0.5) is 0 Å². The Morgan fingerprint density at radius 3 is 2.65 bits per heavy atom. The molecule has 8 heteroatoms. The van der Waals surface area contributed by atoms with Gasteiger partial charge in [0, 0.05) is 11.6 Å². The molecule has 34 heavy (non-hydrogen) atoms. The van der Waals surface area contributed by atoms with Crippen molar-refractivity contribution in [3.63, 3.8) is 0 Å². The zero-order chi connectivity index (χ0) is 23.5. The molecule has 1 atom stereocenters. The van der Waals surface area contributed by atoms with Gasteiger partial charge in [-0.2, -0.15) is 0 Å². The average molecular weight is 464 g/mol. The van der Waals surface area contributed by atoms with Crippen LogP contribution in [-0.4, -0.2) is 51.3 Å². The van der Waals surface area contributed by atoms with E-state index in [0.717, 1.165) is 37.0 Å². The number of aliphatic hydroxyl groups excluding tert-OH is 1. The maximum absolute atomic E-state index is 12.7. The summed E-state index contributed by atoms with van der Waals surface area (Å²) < 4.78 is 18.9. The van der Waals surface area contributed by atoms with E-state index in [2.05, 4.69) is 10.3 Å². The molecule has 2 aliphatic rings. The largest absolute Gasteiger partial charge is 0.497 e. The number of aromatic nitrogens is 3. The van der Waals surface area contributed by atoms with Gasteiger partial charge in [-0.05, 0) is 62.1 Å². The molecule has 0 saturated heterocycles. The Bertz CT molecular complexity index is 1150. The van der Waals surface area contributed by atoms with E-state index in [4.69, 9.17) is 14.2 Å². The van der Waals surface area contributed by atoms with Gasteiger partial charge in [-0.15, -0.1) is 5.10 Å². The fourth-order valence-corrected chi connectivity index (χ4v) is 4.78. The summed E-state index contributed by atoms with van der Waals surface area (Å²) >= 11 is 0. The molecule has 0 amide bonds. The lowest BCUT2D eigenvalue weighted by atomic mass is 9.78. The Balaban J connectivity index is 1.19. The zero-order valence-corrected chi connectivity index (χ0v) is 19.3. The molecule has 0 radical (unpaired) electrons. The van der Waals surface area contributed by atoms with E-state index in [-0.39, 0.29) is 24.5 Å². The Morgan fingerprint density at radius 1 is 1.12 bits per heavy atom. The van der Waals surface area contributed by atoms with Gasteiger partial charge in [0.15, 0.2) is 5.78 Å². The van der Waals surface area contributed by atoms with Gasteiger partial charge < -0.3 is 19.3 Å². The van der Waals surface area contributed by atoms with Crippen LogP contribution in [0, 0.1) is 0 Å². The number of ketones is 1. The number of nitrogens with zero attached hydrogens (tertiary/aromatic N) is 3. The number of fused-ring (bicyclic) bond motifs is 1. The van der Waals surface area contributed by atoms with Gasteiger partial charge in [-0.3, -0.25) is 4.79 Å². The fraction of sp³-hybridized carbons (Fsp3) is 0.423. The van der Waals surface area contributed by atoms with E-state index in [1.807, 2.05) is 24.3 Å². The first-order valence-corrected chi connectivity index (χ1v) is 11.8. The van der Waals surface area contributed by atoms with Crippen molar-refractivity contribution in [3.8, 4) is 28.5 Å². The Morgan fingerprint density at radius 2 is 1.88 bits per heavy atom. The summed E-state index contributed by atoms with van der Waals surface area (Å²) in [6.45, 7) is 0.321. The van der Waals surface area contributed by atoms with Crippen molar-refractivity contribution in [2.45, 2.75) is 56.8 Å². The van der Waals surface area contributed by atoms with Crippen molar-refractivity contribution in [2.24, 2.45) is 0 Å². The molecular weight excluding hydrogens is 434 g/mol. The smallest absolute Gasteiger partial charge is 0.170 e. The second kappa shape index (κ2) is 9.46. The first kappa shape index (κ1) is 22.4. The first-order chi connectivity index (χ1) is 16.5. The van der Waals surface area contributed by atoms with Crippen molar-refractivity contribution in [1.29, 1.82) is 0 Å². The van der Waals surface area contributed by atoms with Crippen molar-refractivity contribution in [1.82, 2.24) is 15.0 Å². The Labute approximate surface area is 198 Å². The summed E-state index contributed by atoms with van der Waals surface area (Å²) in [5, 5.41) is 18.8. The third-order valence-electron chi connectivity index (χ3n) is 6.59. The van der Waals surface area contributed by atoms with Crippen LogP contribution >= 0.6 is 0 Å². The molecule has 1 saturated carbocycles. The molecule has 1 spiro atoms. The fourth-order valence-electron chi connectivity index (χ4n) is 4.78. The summed E-state index contributed by atoms with van der Waals surface area (Å²) in [6.07, 6.45) is 6.66. The van der Waals surface area contributed by atoms with Gasteiger partial charge in [0.1, 0.15) is 41.3 Å². The lowest BCUT2D eigenvalue weighted by Gasteiger charge is -2.40. The first-order valence-electron chi connectivity index (χ1n) is 11.8. The highest BCUT2D eigenvalue weighted by molar-refractivity contribution is 6.00. The highest BCUT2D eigenvalue weighted by atomic mass is 16.5. The van der Waals surface area contributed by atoms with Crippen molar-refractivity contribution in [3.05, 3.63) is 54.2 Å². The summed E-state index contributed by atoms with van der Waals surface area (Å²) in [5.41, 5.74) is 1.87. The SMILES string of the molecule is COc1ccc(-c2cn(CC(O)COc3ccc4c(c3)OC3(CCCCC3)CC4=O)nn2)cc1. The third-order valence-corrected chi connectivity index (χ3v) is 6.59. The summed E-state index contributed by atoms with van der Waals surface area (Å²) in [4.78, 5) is 12.7. The number of carbonyl (C=O) groups is 1. The molecule has 1 aliphatic carbocycles. The van der Waals surface area contributed by atoms with Gasteiger partial charge >= 0.3 is 0 Å². The molecule has 1 aliphatic heterocycles. The molecule has 5 rings (SSSR count).